The van der Waals surface area contributed by atoms with Crippen LogP contribution in [0.25, 0.3) is 0 Å². The summed E-state index contributed by atoms with van der Waals surface area (Å²) >= 11 is 0. The average Bonchev–Trinajstić information content (AvgIpc) is 2.74. The quantitative estimate of drug-likeness (QED) is 0.731. The van der Waals surface area contributed by atoms with Crippen molar-refractivity contribution in [3.8, 4) is 5.75 Å². The van der Waals surface area contributed by atoms with Crippen molar-refractivity contribution >= 4 is 11.8 Å². The van der Waals surface area contributed by atoms with E-state index in [0.717, 1.165) is 0 Å². The van der Waals surface area contributed by atoms with Crippen LogP contribution in [0.4, 0.5) is 13.2 Å². The van der Waals surface area contributed by atoms with E-state index in [-0.39, 0.29) is 36.2 Å². The molecule has 2 aliphatic rings. The fraction of sp³-hybridized carbons (Fsp3) is 0.409. The first-order valence-electron chi connectivity index (χ1n) is 10.5. The molecule has 8 nitrogen and oxygen atoms in total. The van der Waals surface area contributed by atoms with E-state index in [1.165, 1.54) is 10.8 Å². The number of nitrogens with zero attached hydrogens (tertiary/aromatic N) is 2. The van der Waals surface area contributed by atoms with Crippen LogP contribution in [0.1, 0.15) is 46.7 Å². The topological polar surface area (TPSA) is 89.9 Å². The summed E-state index contributed by atoms with van der Waals surface area (Å²) in [6, 6.07) is 0.889. The Hall–Kier alpha value is -3.34. The Morgan fingerprint density at radius 3 is 2.61 bits per heavy atom. The Kier molecular flexibility index (Phi) is 6.15. The number of hydrogen-bond donors (Lipinski definition) is 1. The van der Waals surface area contributed by atoms with Crippen molar-refractivity contribution in [3.05, 3.63) is 62.8 Å². The summed E-state index contributed by atoms with van der Waals surface area (Å²) in [5, 5.41) is 2.27. The van der Waals surface area contributed by atoms with E-state index in [1.807, 2.05) is 6.92 Å². The second kappa shape index (κ2) is 8.89. The zero-order chi connectivity index (χ0) is 23.9. The summed E-state index contributed by atoms with van der Waals surface area (Å²) in [6.07, 6.45) is 1.29. The number of halogens is 3. The Balaban J connectivity index is 1.69. The molecule has 0 bridgehead atoms. The molecule has 33 heavy (non-hydrogen) atoms. The van der Waals surface area contributed by atoms with Crippen molar-refractivity contribution in [1.82, 2.24) is 14.8 Å². The predicted molar refractivity (Wildman–Crippen MR) is 109 cm³/mol. The van der Waals surface area contributed by atoms with Crippen LogP contribution >= 0.6 is 0 Å². The first-order chi connectivity index (χ1) is 15.7. The van der Waals surface area contributed by atoms with Crippen LogP contribution in [0.2, 0.25) is 0 Å². The van der Waals surface area contributed by atoms with Crippen molar-refractivity contribution in [1.29, 1.82) is 0 Å². The van der Waals surface area contributed by atoms with Gasteiger partial charge in [0.25, 0.3) is 11.8 Å². The number of aromatic nitrogens is 1. The van der Waals surface area contributed by atoms with Gasteiger partial charge in [0.1, 0.15) is 23.0 Å². The Labute approximate surface area is 186 Å². The fourth-order valence-corrected chi connectivity index (χ4v) is 4.09. The summed E-state index contributed by atoms with van der Waals surface area (Å²) in [6.45, 7) is 3.61. The van der Waals surface area contributed by atoms with Crippen molar-refractivity contribution < 1.29 is 32.2 Å². The van der Waals surface area contributed by atoms with Crippen LogP contribution in [0.5, 0.6) is 5.75 Å². The molecular weight excluding hydrogens is 443 g/mol. The van der Waals surface area contributed by atoms with Gasteiger partial charge in [-0.2, -0.15) is 0 Å². The zero-order valence-corrected chi connectivity index (χ0v) is 18.0. The summed E-state index contributed by atoms with van der Waals surface area (Å²) in [5.74, 6) is -5.06. The third-order valence-corrected chi connectivity index (χ3v) is 5.72. The van der Waals surface area contributed by atoms with Crippen molar-refractivity contribution in [2.75, 3.05) is 13.2 Å². The molecule has 1 saturated heterocycles. The molecule has 1 N–H and O–H groups in total. The van der Waals surface area contributed by atoms with Gasteiger partial charge in [-0.15, -0.1) is 0 Å². The van der Waals surface area contributed by atoms with Gasteiger partial charge in [0.05, 0.1) is 19.8 Å². The first-order valence-corrected chi connectivity index (χ1v) is 10.5. The highest BCUT2D eigenvalue weighted by atomic mass is 19.1. The van der Waals surface area contributed by atoms with Gasteiger partial charge in [-0.3, -0.25) is 14.4 Å². The number of rotatable bonds is 5. The van der Waals surface area contributed by atoms with Gasteiger partial charge in [0.15, 0.2) is 17.7 Å². The van der Waals surface area contributed by atoms with E-state index in [2.05, 4.69) is 5.32 Å². The summed E-state index contributed by atoms with van der Waals surface area (Å²) in [4.78, 5) is 40.6. The van der Waals surface area contributed by atoms with Gasteiger partial charge in [-0.25, -0.2) is 13.2 Å². The van der Waals surface area contributed by atoms with E-state index in [9.17, 15) is 27.6 Å². The number of carbonyl (C=O) groups is 2. The van der Waals surface area contributed by atoms with Gasteiger partial charge in [-0.1, -0.05) is 0 Å². The second-order valence-corrected chi connectivity index (χ2v) is 7.84. The lowest BCUT2D eigenvalue weighted by atomic mass is 10.1. The highest BCUT2D eigenvalue weighted by Crippen LogP contribution is 2.29. The monoisotopic (exact) mass is 465 g/mol. The van der Waals surface area contributed by atoms with Gasteiger partial charge >= 0.3 is 0 Å². The van der Waals surface area contributed by atoms with Crippen LogP contribution in [0.15, 0.2) is 23.1 Å². The predicted octanol–water partition coefficient (Wildman–Crippen LogP) is 2.19. The largest absolute Gasteiger partial charge is 0.488 e. The number of carbonyl (C=O) groups excluding carboxylic acids is 2. The Morgan fingerprint density at radius 2 is 1.94 bits per heavy atom. The number of benzene rings is 1. The van der Waals surface area contributed by atoms with Gasteiger partial charge in [-0.05, 0) is 20.3 Å². The molecule has 176 valence electrons. The smallest absolute Gasteiger partial charge is 0.276 e. The minimum Gasteiger partial charge on any atom is -0.488 e. The van der Waals surface area contributed by atoms with Crippen LogP contribution in [0, 0.1) is 17.5 Å². The van der Waals surface area contributed by atoms with E-state index < -0.39 is 53.0 Å². The van der Waals surface area contributed by atoms with E-state index in [4.69, 9.17) is 9.47 Å². The highest BCUT2D eigenvalue weighted by Gasteiger charge is 2.41. The summed E-state index contributed by atoms with van der Waals surface area (Å²) < 4.78 is 53.5. The Morgan fingerprint density at radius 1 is 1.24 bits per heavy atom. The molecule has 0 spiro atoms. The minimum atomic E-state index is -1.17. The summed E-state index contributed by atoms with van der Waals surface area (Å²) in [7, 11) is 0. The fourth-order valence-electron chi connectivity index (χ4n) is 4.09. The molecule has 1 aromatic heterocycles. The number of nitrogens with one attached hydrogen (secondary N) is 1. The maximum absolute atomic E-state index is 13.9. The first kappa shape index (κ1) is 22.8. The lowest BCUT2D eigenvalue weighted by Gasteiger charge is -2.44. The molecule has 1 aromatic carbocycles. The highest BCUT2D eigenvalue weighted by molar-refractivity contribution is 5.99. The standard InChI is InChI=1S/C22H22F3N3O5/c1-3-32-20-18-22(31)28-11(2)4-5-33-17(28)10-27(18)9-14(19(20)29)21(30)26-8-13-15(24)6-12(23)7-16(13)25/h6-7,9,11,17H,3-5,8,10H2,1-2H3,(H,26,30)/t11-,17+/m1/s1. The number of fused-ring (bicyclic) bond motifs is 2. The SMILES string of the molecule is CCOc1c2n(cc(C(=O)NCc3c(F)cc(F)cc3F)c1=O)C[C@@H]1OCC[C@@H](C)N1C2=O. The number of amides is 2. The molecule has 2 aromatic rings. The lowest BCUT2D eigenvalue weighted by molar-refractivity contribution is -0.112. The molecule has 2 atom stereocenters. The van der Waals surface area contributed by atoms with Crippen molar-refractivity contribution in [2.24, 2.45) is 0 Å². The molecule has 0 aliphatic carbocycles. The van der Waals surface area contributed by atoms with E-state index >= 15 is 0 Å². The maximum Gasteiger partial charge on any atom is 0.276 e. The molecule has 0 radical (unpaired) electrons. The maximum atomic E-state index is 13.9. The Bertz CT molecular complexity index is 1160. The zero-order valence-electron chi connectivity index (χ0n) is 18.0. The molecule has 3 heterocycles. The van der Waals surface area contributed by atoms with Gasteiger partial charge < -0.3 is 24.3 Å². The normalized spacial score (nSPS) is 19.7. The molecule has 0 unspecified atom stereocenters. The summed E-state index contributed by atoms with van der Waals surface area (Å²) in [5.41, 5.74) is -1.72. The van der Waals surface area contributed by atoms with Gasteiger partial charge in [0.2, 0.25) is 5.43 Å². The molecule has 0 saturated carbocycles. The third kappa shape index (κ3) is 4.08. The number of pyridine rings is 1. The molecule has 1 fully saturated rings. The molecular formula is C22H22F3N3O5. The van der Waals surface area contributed by atoms with Crippen molar-refractivity contribution in [3.63, 3.8) is 0 Å². The van der Waals surface area contributed by atoms with E-state index in [0.29, 0.717) is 25.2 Å². The molecule has 4 rings (SSSR count). The molecule has 2 aliphatic heterocycles. The van der Waals surface area contributed by atoms with Crippen molar-refractivity contribution in [2.45, 2.75) is 45.6 Å². The second-order valence-electron chi connectivity index (χ2n) is 7.84. The number of ether oxygens (including phenoxy) is 2. The molecule has 11 heteroatoms. The van der Waals surface area contributed by atoms with Gasteiger partial charge in [0, 0.05) is 36.5 Å². The lowest BCUT2D eigenvalue weighted by Crippen LogP contribution is -2.57. The third-order valence-electron chi connectivity index (χ3n) is 5.72. The van der Waals surface area contributed by atoms with Crippen LogP contribution in [-0.4, -0.2) is 46.8 Å². The molecule has 2 amide bonds. The van der Waals surface area contributed by atoms with Crippen LogP contribution in [-0.2, 0) is 17.8 Å². The number of hydrogen-bond acceptors (Lipinski definition) is 5. The van der Waals surface area contributed by atoms with Crippen LogP contribution < -0.4 is 15.5 Å². The average molecular weight is 465 g/mol. The van der Waals surface area contributed by atoms with Crippen LogP contribution in [0.3, 0.4) is 0 Å². The van der Waals surface area contributed by atoms with E-state index in [1.54, 1.807) is 11.8 Å². The minimum absolute atomic E-state index is 0.0163.